The molecule has 0 fully saturated rings. The van der Waals surface area contributed by atoms with E-state index >= 15 is 0 Å². The number of carbonyl (C=O) groups is 3. The number of halogens is 1. The number of carbonyl (C=O) groups excluding carboxylic acids is 2. The van der Waals surface area contributed by atoms with E-state index in [0.717, 1.165) is 32.3 Å². The average molecular weight is 679 g/mol. The second kappa shape index (κ2) is 14.3. The van der Waals surface area contributed by atoms with Crippen molar-refractivity contribution < 1.29 is 29.0 Å². The molecule has 1 aromatic heterocycles. The summed E-state index contributed by atoms with van der Waals surface area (Å²) in [4.78, 5) is 47.8. The van der Waals surface area contributed by atoms with Gasteiger partial charge in [-0.3, -0.25) is 9.59 Å². The van der Waals surface area contributed by atoms with Crippen molar-refractivity contribution in [3.05, 3.63) is 98.9 Å². The third kappa shape index (κ3) is 7.63. The Morgan fingerprint density at radius 3 is 2.31 bits per heavy atom. The molecule has 0 saturated heterocycles. The van der Waals surface area contributed by atoms with E-state index in [0.29, 0.717) is 28.6 Å². The normalized spacial score (nSPS) is 12.2. The largest absolute Gasteiger partial charge is 0.493 e. The van der Waals surface area contributed by atoms with Gasteiger partial charge in [0.05, 0.1) is 26.0 Å². The zero-order chi connectivity index (χ0) is 32.8. The monoisotopic (exact) mass is 677 g/mol. The van der Waals surface area contributed by atoms with Crippen LogP contribution in [0.15, 0.2) is 65.3 Å². The van der Waals surface area contributed by atoms with Gasteiger partial charge in [0.2, 0.25) is 11.8 Å². The molecule has 0 aliphatic rings. The minimum absolute atomic E-state index is 0.0529. The first-order valence-corrected chi connectivity index (χ1v) is 14.9. The van der Waals surface area contributed by atoms with Crippen molar-refractivity contribution in [3.8, 4) is 22.8 Å². The van der Waals surface area contributed by atoms with Crippen LogP contribution >= 0.6 is 15.9 Å². The molecular formula is C33H36BrN5O6. The second-order valence-corrected chi connectivity index (χ2v) is 11.5. The van der Waals surface area contributed by atoms with E-state index in [-0.39, 0.29) is 13.0 Å². The molecule has 0 bridgehead atoms. The van der Waals surface area contributed by atoms with Gasteiger partial charge in [-0.1, -0.05) is 40.2 Å². The number of aryl methyl sites for hydroxylation is 2. The lowest BCUT2D eigenvalue weighted by molar-refractivity contribution is -0.136. The van der Waals surface area contributed by atoms with E-state index in [1.165, 1.54) is 14.2 Å². The summed E-state index contributed by atoms with van der Waals surface area (Å²) in [5.74, 6) is 0.509. The van der Waals surface area contributed by atoms with Crippen LogP contribution in [0, 0.1) is 13.8 Å². The van der Waals surface area contributed by atoms with Crippen molar-refractivity contribution in [1.82, 2.24) is 20.2 Å². The van der Waals surface area contributed by atoms with Crippen molar-refractivity contribution in [2.45, 2.75) is 45.8 Å². The van der Waals surface area contributed by atoms with Gasteiger partial charge in [0, 0.05) is 34.8 Å². The molecule has 0 aliphatic carbocycles. The van der Waals surface area contributed by atoms with Gasteiger partial charge < -0.3 is 35.5 Å². The maximum atomic E-state index is 14.4. The Morgan fingerprint density at radius 1 is 1.04 bits per heavy atom. The van der Waals surface area contributed by atoms with E-state index < -0.39 is 30.0 Å². The van der Waals surface area contributed by atoms with E-state index in [4.69, 9.17) is 20.2 Å². The van der Waals surface area contributed by atoms with Gasteiger partial charge in [0.15, 0.2) is 11.5 Å². The van der Waals surface area contributed by atoms with E-state index in [2.05, 4.69) is 26.2 Å². The second-order valence-electron chi connectivity index (χ2n) is 10.6. The number of nitrogens with two attached hydrogens (primary N) is 1. The lowest BCUT2D eigenvalue weighted by Gasteiger charge is -2.32. The smallest absolute Gasteiger partial charge is 0.405 e. The molecule has 0 radical (unpaired) electrons. The van der Waals surface area contributed by atoms with Crippen molar-refractivity contribution >= 4 is 33.8 Å². The van der Waals surface area contributed by atoms with Crippen molar-refractivity contribution in [1.29, 1.82) is 0 Å². The third-order valence-corrected chi connectivity index (χ3v) is 8.37. The fraction of sp³-hybridized carbons (Fsp3) is 0.273. The number of benzene rings is 3. The highest BCUT2D eigenvalue weighted by Gasteiger charge is 2.32. The molecule has 2 unspecified atom stereocenters. The number of hydrogen-bond donors (Lipinski definition) is 4. The predicted molar refractivity (Wildman–Crippen MR) is 173 cm³/mol. The standard InChI is InChI=1S/C33H36BrN5O6/c1-18-12-22(30(35)40)13-19(2)24(18)15-26(38-33(42)43)32(41)39(17-21-10-11-28(44-4)29(14-21)45-5)20(3)31-36-16-27(37-31)23-8-6-7-9-25(23)34/h6-14,16,20,26,38H,15,17H2,1-5H3,(H2,35,40)(H,36,37)(H,42,43). The highest BCUT2D eigenvalue weighted by molar-refractivity contribution is 9.10. The van der Waals surface area contributed by atoms with Crippen LogP contribution in [0.1, 0.15) is 51.4 Å². The van der Waals surface area contributed by atoms with Crippen LogP contribution in [0.2, 0.25) is 0 Å². The summed E-state index contributed by atoms with van der Waals surface area (Å²) in [7, 11) is 3.07. The number of rotatable bonds is 12. The lowest BCUT2D eigenvalue weighted by Crippen LogP contribution is -2.50. The maximum Gasteiger partial charge on any atom is 0.405 e. The number of primary amides is 1. The average Bonchev–Trinajstić information content (AvgIpc) is 3.50. The summed E-state index contributed by atoms with van der Waals surface area (Å²) in [6.07, 6.45) is 0.479. The van der Waals surface area contributed by atoms with Crippen LogP contribution in [0.25, 0.3) is 11.3 Å². The Balaban J connectivity index is 1.76. The van der Waals surface area contributed by atoms with Gasteiger partial charge in [0.1, 0.15) is 11.9 Å². The Morgan fingerprint density at radius 2 is 1.71 bits per heavy atom. The number of H-pyrrole nitrogens is 1. The minimum Gasteiger partial charge on any atom is -0.493 e. The SMILES string of the molecule is COc1ccc(CN(C(=O)C(Cc2c(C)cc(C(N)=O)cc2C)NC(=O)O)C(C)c2nc(-c3ccccc3Br)c[nH]2)cc1OC. The number of nitrogens with one attached hydrogen (secondary N) is 2. The number of methoxy groups -OCH3 is 2. The Hall–Kier alpha value is -4.84. The lowest BCUT2D eigenvalue weighted by atomic mass is 9.93. The number of imidazole rings is 1. The van der Waals surface area contributed by atoms with Gasteiger partial charge in [-0.25, -0.2) is 9.78 Å². The Labute approximate surface area is 269 Å². The summed E-state index contributed by atoms with van der Waals surface area (Å²) >= 11 is 3.57. The third-order valence-electron chi connectivity index (χ3n) is 7.68. The summed E-state index contributed by atoms with van der Waals surface area (Å²) < 4.78 is 11.7. The molecule has 0 saturated carbocycles. The summed E-state index contributed by atoms with van der Waals surface area (Å²) in [6, 6.07) is 14.5. The van der Waals surface area contributed by atoms with E-state index in [9.17, 15) is 19.5 Å². The first-order valence-electron chi connectivity index (χ1n) is 14.1. The van der Waals surface area contributed by atoms with E-state index in [1.807, 2.05) is 37.3 Å². The molecule has 0 aliphatic heterocycles. The van der Waals surface area contributed by atoms with E-state index in [1.54, 1.807) is 49.2 Å². The molecule has 236 valence electrons. The summed E-state index contributed by atoms with van der Waals surface area (Å²) in [6.45, 7) is 5.54. The quantitative estimate of drug-likeness (QED) is 0.153. The number of aromatic amines is 1. The first-order chi connectivity index (χ1) is 21.4. The van der Waals surface area contributed by atoms with Crippen LogP contribution < -0.4 is 20.5 Å². The highest BCUT2D eigenvalue weighted by atomic mass is 79.9. The fourth-order valence-corrected chi connectivity index (χ4v) is 5.79. The zero-order valence-corrected chi connectivity index (χ0v) is 27.3. The maximum absolute atomic E-state index is 14.4. The van der Waals surface area contributed by atoms with Gasteiger partial charge >= 0.3 is 6.09 Å². The molecule has 2 atom stereocenters. The predicted octanol–water partition coefficient (Wildman–Crippen LogP) is 5.54. The number of ether oxygens (including phenoxy) is 2. The Bertz CT molecular complexity index is 1700. The van der Waals surface area contributed by atoms with Crippen LogP contribution in [0.3, 0.4) is 0 Å². The molecule has 3 amide bonds. The molecule has 45 heavy (non-hydrogen) atoms. The first kappa shape index (κ1) is 33.1. The number of hydrogen-bond acceptors (Lipinski definition) is 6. The molecular weight excluding hydrogens is 642 g/mol. The van der Waals surface area contributed by atoms with Gasteiger partial charge in [-0.05, 0) is 73.4 Å². The molecule has 11 nitrogen and oxygen atoms in total. The zero-order valence-electron chi connectivity index (χ0n) is 25.7. The van der Waals surface area contributed by atoms with Crippen molar-refractivity contribution in [2.24, 2.45) is 5.73 Å². The molecule has 5 N–H and O–H groups in total. The summed E-state index contributed by atoms with van der Waals surface area (Å²) in [5.41, 5.74) is 10.3. The van der Waals surface area contributed by atoms with Crippen molar-refractivity contribution in [3.63, 3.8) is 0 Å². The number of amides is 3. The number of carboxylic acid groups (broad SMARTS) is 1. The number of aromatic nitrogens is 2. The van der Waals surface area contributed by atoms with Crippen molar-refractivity contribution in [2.75, 3.05) is 14.2 Å². The van der Waals surface area contributed by atoms with Crippen LogP contribution in [-0.2, 0) is 17.8 Å². The minimum atomic E-state index is -1.34. The Kier molecular flexibility index (Phi) is 10.5. The van der Waals surface area contributed by atoms with Gasteiger partial charge in [-0.2, -0.15) is 0 Å². The van der Waals surface area contributed by atoms with Gasteiger partial charge in [-0.15, -0.1) is 0 Å². The fourth-order valence-electron chi connectivity index (χ4n) is 5.30. The van der Waals surface area contributed by atoms with Crippen LogP contribution in [0.4, 0.5) is 4.79 Å². The molecule has 3 aromatic carbocycles. The highest BCUT2D eigenvalue weighted by Crippen LogP contribution is 2.32. The molecule has 12 heteroatoms. The molecule has 1 heterocycles. The summed E-state index contributed by atoms with van der Waals surface area (Å²) in [5, 5.41) is 12.2. The molecule has 4 aromatic rings. The molecule has 0 spiro atoms. The number of nitrogens with zero attached hydrogens (tertiary/aromatic N) is 2. The van der Waals surface area contributed by atoms with Crippen LogP contribution in [0.5, 0.6) is 11.5 Å². The van der Waals surface area contributed by atoms with Gasteiger partial charge in [0.25, 0.3) is 0 Å². The molecule has 4 rings (SSSR count). The topological polar surface area (TPSA) is 160 Å². The van der Waals surface area contributed by atoms with Crippen LogP contribution in [-0.4, -0.2) is 58.1 Å².